The Morgan fingerprint density at radius 1 is 1.17 bits per heavy atom. The summed E-state index contributed by atoms with van der Waals surface area (Å²) in [6.07, 6.45) is 2.96. The molecule has 4 rings (SSSR count). The number of tetrazole rings is 1. The summed E-state index contributed by atoms with van der Waals surface area (Å²) in [6, 6.07) is 13.7. The third-order valence-corrected chi connectivity index (χ3v) is 5.47. The van der Waals surface area contributed by atoms with Crippen LogP contribution in [-0.2, 0) is 5.54 Å². The van der Waals surface area contributed by atoms with Gasteiger partial charge in [0.05, 0.1) is 22.6 Å². The number of benzene rings is 2. The Balaban J connectivity index is 1.87. The lowest BCUT2D eigenvalue weighted by Crippen LogP contribution is -2.43. The minimum atomic E-state index is -1.32. The average molecular weight is 391 g/mol. The number of aromatic carboxylic acids is 1. The molecule has 0 atom stereocenters. The number of carboxylic acid groups (broad SMARTS) is 1. The van der Waals surface area contributed by atoms with Crippen LogP contribution in [0.4, 0.5) is 5.69 Å². The first-order chi connectivity index (χ1) is 14.1. The molecule has 0 saturated heterocycles. The van der Waals surface area contributed by atoms with Crippen molar-refractivity contribution >= 4 is 11.7 Å². The monoisotopic (exact) mass is 391 g/mol. The van der Waals surface area contributed by atoms with E-state index in [1.165, 1.54) is 17.1 Å². The molecule has 1 aliphatic carbocycles. The standard InChI is InChI=1S/C20H20N6O3/c1-14-7-2-3-10-17(14)25-19(21-22-23-25)20(11-4-5-12-20)26(24-29)16-9-6-8-15(13-16)18(27)28/h2-3,6-10,13H,4-5,11-12H2,1H3,(H,27,28)/p-1. The van der Waals surface area contributed by atoms with E-state index in [1.54, 1.807) is 16.8 Å². The number of para-hydroxylation sites is 1. The predicted octanol–water partition coefficient (Wildman–Crippen LogP) is 2.29. The Labute approximate surface area is 166 Å². The molecule has 1 aromatic heterocycles. The first-order valence-electron chi connectivity index (χ1n) is 9.36. The van der Waals surface area contributed by atoms with Gasteiger partial charge in [-0.3, -0.25) is 0 Å². The molecule has 0 unspecified atom stereocenters. The van der Waals surface area contributed by atoms with Crippen molar-refractivity contribution in [1.82, 2.24) is 20.2 Å². The van der Waals surface area contributed by atoms with Crippen LogP contribution in [0.5, 0.6) is 0 Å². The number of aryl methyl sites for hydroxylation is 1. The minimum Gasteiger partial charge on any atom is -0.545 e. The van der Waals surface area contributed by atoms with Gasteiger partial charge < -0.3 is 9.90 Å². The highest BCUT2D eigenvalue weighted by atomic mass is 16.4. The van der Waals surface area contributed by atoms with Crippen LogP contribution in [0.15, 0.2) is 53.8 Å². The summed E-state index contributed by atoms with van der Waals surface area (Å²) < 4.78 is 1.64. The van der Waals surface area contributed by atoms with Gasteiger partial charge in [0.2, 0.25) is 0 Å². The molecule has 0 aliphatic heterocycles. The van der Waals surface area contributed by atoms with Crippen molar-refractivity contribution in [3.63, 3.8) is 0 Å². The van der Waals surface area contributed by atoms with E-state index in [9.17, 15) is 14.8 Å². The number of aromatic nitrogens is 4. The molecule has 1 aliphatic rings. The molecule has 1 saturated carbocycles. The van der Waals surface area contributed by atoms with Crippen LogP contribution in [0.25, 0.3) is 5.69 Å². The maximum Gasteiger partial charge on any atom is 0.184 e. The zero-order valence-corrected chi connectivity index (χ0v) is 15.9. The summed E-state index contributed by atoms with van der Waals surface area (Å²) in [7, 11) is 0. The molecule has 148 valence electrons. The zero-order chi connectivity index (χ0) is 20.4. The van der Waals surface area contributed by atoms with Gasteiger partial charge in [-0.15, -0.1) is 10.0 Å². The fraction of sp³-hybridized carbons (Fsp3) is 0.300. The molecule has 29 heavy (non-hydrogen) atoms. The van der Waals surface area contributed by atoms with Crippen molar-refractivity contribution in [2.75, 3.05) is 5.01 Å². The summed E-state index contributed by atoms with van der Waals surface area (Å²) in [5, 5.41) is 28.2. The smallest absolute Gasteiger partial charge is 0.184 e. The molecule has 0 N–H and O–H groups in total. The molecule has 9 nitrogen and oxygen atoms in total. The van der Waals surface area contributed by atoms with Gasteiger partial charge in [-0.25, -0.2) is 5.01 Å². The van der Waals surface area contributed by atoms with Crippen molar-refractivity contribution in [2.45, 2.75) is 38.1 Å². The normalized spacial score (nSPS) is 15.2. The van der Waals surface area contributed by atoms with Crippen molar-refractivity contribution in [1.29, 1.82) is 0 Å². The maximum absolute atomic E-state index is 12.0. The number of hydrogen-bond acceptors (Lipinski definition) is 7. The third kappa shape index (κ3) is 3.14. The van der Waals surface area contributed by atoms with Crippen LogP contribution in [0.2, 0.25) is 0 Å². The molecular formula is C20H19N6O3-. The highest BCUT2D eigenvalue weighted by molar-refractivity contribution is 5.87. The number of nitrogens with zero attached hydrogens (tertiary/aromatic N) is 6. The Hall–Kier alpha value is -3.62. The summed E-state index contributed by atoms with van der Waals surface area (Å²) >= 11 is 0. The van der Waals surface area contributed by atoms with E-state index in [0.717, 1.165) is 24.1 Å². The fourth-order valence-corrected chi connectivity index (χ4v) is 4.07. The largest absolute Gasteiger partial charge is 0.545 e. The lowest BCUT2D eigenvalue weighted by molar-refractivity contribution is -0.255. The quantitative estimate of drug-likeness (QED) is 0.467. The predicted molar refractivity (Wildman–Crippen MR) is 103 cm³/mol. The van der Waals surface area contributed by atoms with Crippen molar-refractivity contribution < 1.29 is 9.90 Å². The van der Waals surface area contributed by atoms with Crippen molar-refractivity contribution in [2.24, 2.45) is 5.29 Å². The van der Waals surface area contributed by atoms with Gasteiger partial charge in [-0.05, 0) is 59.5 Å². The molecule has 0 radical (unpaired) electrons. The van der Waals surface area contributed by atoms with Gasteiger partial charge in [0.1, 0.15) is 5.54 Å². The van der Waals surface area contributed by atoms with Crippen LogP contribution >= 0.6 is 0 Å². The van der Waals surface area contributed by atoms with Gasteiger partial charge >= 0.3 is 0 Å². The molecule has 0 spiro atoms. The van der Waals surface area contributed by atoms with E-state index < -0.39 is 11.5 Å². The number of carbonyl (C=O) groups excluding carboxylic acids is 1. The van der Waals surface area contributed by atoms with E-state index in [-0.39, 0.29) is 5.56 Å². The Bertz CT molecular complexity index is 1060. The van der Waals surface area contributed by atoms with E-state index in [2.05, 4.69) is 20.8 Å². The van der Waals surface area contributed by atoms with Gasteiger partial charge in [0.25, 0.3) is 0 Å². The number of carboxylic acids is 1. The summed E-state index contributed by atoms with van der Waals surface area (Å²) in [5.74, 6) is -0.814. The second-order valence-electron chi connectivity index (χ2n) is 7.17. The molecule has 2 aromatic carbocycles. The molecule has 0 bridgehead atoms. The van der Waals surface area contributed by atoms with Crippen LogP contribution < -0.4 is 10.1 Å². The summed E-state index contributed by atoms with van der Waals surface area (Å²) in [5.41, 5.74) is 1.26. The highest BCUT2D eigenvalue weighted by Gasteiger charge is 2.47. The Morgan fingerprint density at radius 2 is 1.93 bits per heavy atom. The fourth-order valence-electron chi connectivity index (χ4n) is 4.07. The Kier molecular flexibility index (Phi) is 4.79. The average Bonchev–Trinajstić information content (AvgIpc) is 3.39. The lowest BCUT2D eigenvalue weighted by Gasteiger charge is -2.35. The molecule has 3 aromatic rings. The minimum absolute atomic E-state index is 0.0252. The SMILES string of the molecule is Cc1ccccc1-n1nnnc1C1(N(N=O)c2cccc(C(=O)[O-])c2)CCCC1. The van der Waals surface area contributed by atoms with Crippen LogP contribution in [0.3, 0.4) is 0 Å². The number of anilines is 1. The second-order valence-corrected chi connectivity index (χ2v) is 7.17. The molecule has 1 fully saturated rings. The van der Waals surface area contributed by atoms with E-state index >= 15 is 0 Å². The van der Waals surface area contributed by atoms with E-state index in [1.807, 2.05) is 31.2 Å². The number of carbonyl (C=O) groups is 1. The topological polar surface area (TPSA) is 116 Å². The van der Waals surface area contributed by atoms with Crippen LogP contribution in [0, 0.1) is 11.8 Å². The number of hydrogen-bond donors (Lipinski definition) is 0. The van der Waals surface area contributed by atoms with Gasteiger partial charge in [-0.2, -0.15) is 4.68 Å². The highest BCUT2D eigenvalue weighted by Crippen LogP contribution is 2.46. The zero-order valence-electron chi connectivity index (χ0n) is 15.9. The Morgan fingerprint density at radius 3 is 2.62 bits per heavy atom. The van der Waals surface area contributed by atoms with Crippen LogP contribution in [0.1, 0.15) is 47.4 Å². The number of nitroso groups, excluding NO2 is 1. The summed E-state index contributed by atoms with van der Waals surface area (Å²) in [6.45, 7) is 1.96. The molecular weight excluding hydrogens is 372 g/mol. The van der Waals surface area contributed by atoms with Gasteiger partial charge in [-0.1, -0.05) is 43.2 Å². The maximum atomic E-state index is 12.0. The number of rotatable bonds is 6. The molecule has 1 heterocycles. The first kappa shape index (κ1) is 18.7. The van der Waals surface area contributed by atoms with Crippen LogP contribution in [-0.4, -0.2) is 26.2 Å². The molecule has 9 heteroatoms. The summed E-state index contributed by atoms with van der Waals surface area (Å²) in [4.78, 5) is 23.3. The van der Waals surface area contributed by atoms with Gasteiger partial charge in [0, 0.05) is 0 Å². The molecule has 0 amide bonds. The van der Waals surface area contributed by atoms with Crippen molar-refractivity contribution in [3.05, 3.63) is 70.4 Å². The van der Waals surface area contributed by atoms with Gasteiger partial charge in [0.15, 0.2) is 5.82 Å². The second kappa shape index (κ2) is 7.42. The van der Waals surface area contributed by atoms with Crippen molar-refractivity contribution in [3.8, 4) is 5.69 Å². The van der Waals surface area contributed by atoms with E-state index in [0.29, 0.717) is 24.4 Å². The first-order valence-corrected chi connectivity index (χ1v) is 9.36. The van der Waals surface area contributed by atoms with E-state index in [4.69, 9.17) is 0 Å². The lowest BCUT2D eigenvalue weighted by atomic mass is 9.94. The third-order valence-electron chi connectivity index (χ3n) is 5.47.